The van der Waals surface area contributed by atoms with Gasteiger partial charge in [0.25, 0.3) is 0 Å². The molecule has 0 spiro atoms. The van der Waals surface area contributed by atoms with E-state index < -0.39 is 10.8 Å². The van der Waals surface area contributed by atoms with Crippen molar-refractivity contribution in [2.45, 2.75) is 17.7 Å². The quantitative estimate of drug-likeness (QED) is 0.827. The molecule has 2 nitrogen and oxygen atoms in total. The average Bonchev–Trinajstić information content (AvgIpc) is 2.80. The number of hydrogen-bond acceptors (Lipinski definition) is 2. The molecular weight excluding hydrogens is 242 g/mol. The largest absolute Gasteiger partial charge is 0.302 e. The topological polar surface area (TPSA) is 20.3 Å². The molecule has 16 heavy (non-hydrogen) atoms. The first kappa shape index (κ1) is 13.7. The van der Waals surface area contributed by atoms with Gasteiger partial charge in [-0.15, -0.1) is 12.4 Å². The van der Waals surface area contributed by atoms with Crippen LogP contribution in [-0.2, 0) is 10.8 Å². The summed E-state index contributed by atoms with van der Waals surface area (Å²) in [6.45, 7) is 3.35. The fraction of sp³-hybridized carbons (Fsp3) is 0.500. The van der Waals surface area contributed by atoms with Gasteiger partial charge in [-0.2, -0.15) is 0 Å². The Bertz CT molecular complexity index is 325. The van der Waals surface area contributed by atoms with Gasteiger partial charge < -0.3 is 4.90 Å². The number of rotatable bonds is 4. The number of benzene rings is 1. The predicted molar refractivity (Wildman–Crippen MR) is 70.6 cm³/mol. The molecule has 1 atom stereocenters. The van der Waals surface area contributed by atoms with Crippen LogP contribution in [0.15, 0.2) is 35.2 Å². The Morgan fingerprint density at radius 3 is 2.38 bits per heavy atom. The minimum atomic E-state index is -0.821. The van der Waals surface area contributed by atoms with Gasteiger partial charge in [-0.05, 0) is 38.1 Å². The van der Waals surface area contributed by atoms with Crippen LogP contribution in [0.3, 0.4) is 0 Å². The molecule has 0 saturated carbocycles. The van der Waals surface area contributed by atoms with Gasteiger partial charge in [0.2, 0.25) is 0 Å². The van der Waals surface area contributed by atoms with Crippen molar-refractivity contribution in [2.75, 3.05) is 25.4 Å². The molecule has 0 aromatic heterocycles. The maximum atomic E-state index is 11.9. The zero-order valence-electron chi connectivity index (χ0n) is 9.30. The van der Waals surface area contributed by atoms with E-state index in [1.165, 1.54) is 25.9 Å². The second-order valence-electron chi connectivity index (χ2n) is 3.91. The number of likely N-dealkylation sites (tertiary alicyclic amines) is 1. The van der Waals surface area contributed by atoms with E-state index in [0.29, 0.717) is 0 Å². The van der Waals surface area contributed by atoms with Crippen molar-refractivity contribution in [3.63, 3.8) is 0 Å². The van der Waals surface area contributed by atoms with Gasteiger partial charge in [0.15, 0.2) is 0 Å². The van der Waals surface area contributed by atoms with E-state index in [9.17, 15) is 4.21 Å². The van der Waals surface area contributed by atoms with Gasteiger partial charge in [-0.25, -0.2) is 0 Å². The zero-order valence-corrected chi connectivity index (χ0v) is 10.9. The summed E-state index contributed by atoms with van der Waals surface area (Å²) >= 11 is 0. The maximum Gasteiger partial charge on any atom is 0.0542 e. The highest BCUT2D eigenvalue weighted by molar-refractivity contribution is 7.85. The molecule has 0 bridgehead atoms. The molecule has 0 amide bonds. The van der Waals surface area contributed by atoms with Crippen molar-refractivity contribution in [3.05, 3.63) is 30.3 Å². The van der Waals surface area contributed by atoms with Crippen LogP contribution < -0.4 is 0 Å². The highest BCUT2D eigenvalue weighted by Crippen LogP contribution is 2.09. The minimum Gasteiger partial charge on any atom is -0.302 e. The van der Waals surface area contributed by atoms with Crippen LogP contribution >= 0.6 is 12.4 Å². The summed E-state index contributed by atoms with van der Waals surface area (Å²) in [7, 11) is -0.821. The van der Waals surface area contributed by atoms with E-state index in [-0.39, 0.29) is 12.4 Å². The van der Waals surface area contributed by atoms with Crippen molar-refractivity contribution >= 4 is 23.2 Å². The van der Waals surface area contributed by atoms with E-state index in [4.69, 9.17) is 0 Å². The van der Waals surface area contributed by atoms with Crippen LogP contribution in [0.25, 0.3) is 0 Å². The molecule has 1 aliphatic rings. The van der Waals surface area contributed by atoms with Gasteiger partial charge in [0.05, 0.1) is 10.8 Å². The molecule has 1 heterocycles. The van der Waals surface area contributed by atoms with Crippen molar-refractivity contribution in [1.82, 2.24) is 4.90 Å². The number of hydrogen-bond donors (Lipinski definition) is 0. The molecule has 1 aromatic rings. The van der Waals surface area contributed by atoms with Crippen LogP contribution in [0.1, 0.15) is 12.8 Å². The fourth-order valence-electron chi connectivity index (χ4n) is 1.91. The van der Waals surface area contributed by atoms with E-state index in [1.54, 1.807) is 0 Å². The van der Waals surface area contributed by atoms with Crippen LogP contribution in [0.4, 0.5) is 0 Å². The highest BCUT2D eigenvalue weighted by atomic mass is 35.5. The molecule has 2 rings (SSSR count). The summed E-state index contributed by atoms with van der Waals surface area (Å²) < 4.78 is 11.9. The second kappa shape index (κ2) is 7.05. The Morgan fingerprint density at radius 1 is 1.12 bits per heavy atom. The highest BCUT2D eigenvalue weighted by Gasteiger charge is 2.12. The SMILES string of the molecule is Cl.O=S(CCN1CCCC1)c1ccccc1. The third-order valence-corrected chi connectivity index (χ3v) is 4.15. The van der Waals surface area contributed by atoms with Gasteiger partial charge in [-0.1, -0.05) is 18.2 Å². The summed E-state index contributed by atoms with van der Waals surface area (Å²) in [5.74, 6) is 0.768. The van der Waals surface area contributed by atoms with Gasteiger partial charge in [-0.3, -0.25) is 4.21 Å². The molecule has 1 fully saturated rings. The molecule has 1 saturated heterocycles. The van der Waals surface area contributed by atoms with E-state index in [2.05, 4.69) is 4.90 Å². The third kappa shape index (κ3) is 3.89. The summed E-state index contributed by atoms with van der Waals surface area (Å²) in [6.07, 6.45) is 2.61. The van der Waals surface area contributed by atoms with Crippen LogP contribution in [0.2, 0.25) is 0 Å². The van der Waals surface area contributed by atoms with Crippen molar-refractivity contribution in [2.24, 2.45) is 0 Å². The van der Waals surface area contributed by atoms with Crippen LogP contribution in [0, 0.1) is 0 Å². The monoisotopic (exact) mass is 259 g/mol. The molecule has 1 aliphatic heterocycles. The van der Waals surface area contributed by atoms with E-state index in [0.717, 1.165) is 17.2 Å². The predicted octanol–water partition coefficient (Wildman–Crippen LogP) is 2.31. The molecular formula is C12H18ClNOS. The Hall–Kier alpha value is -0.380. The standard InChI is InChI=1S/C12H17NOS.ClH/c14-15(12-6-2-1-3-7-12)11-10-13-8-4-5-9-13;/h1-3,6-7H,4-5,8-11H2;1H. The Balaban J connectivity index is 0.00000128. The van der Waals surface area contributed by atoms with Gasteiger partial charge in [0.1, 0.15) is 0 Å². The first-order valence-electron chi connectivity index (χ1n) is 5.52. The van der Waals surface area contributed by atoms with Crippen molar-refractivity contribution in [3.8, 4) is 0 Å². The summed E-state index contributed by atoms with van der Waals surface area (Å²) in [4.78, 5) is 3.36. The minimum absolute atomic E-state index is 0. The lowest BCUT2D eigenvalue weighted by Gasteiger charge is -2.13. The number of nitrogens with zero attached hydrogens (tertiary/aromatic N) is 1. The summed E-state index contributed by atoms with van der Waals surface area (Å²) in [6, 6.07) is 9.74. The third-order valence-electron chi connectivity index (χ3n) is 2.80. The van der Waals surface area contributed by atoms with Crippen molar-refractivity contribution in [1.29, 1.82) is 0 Å². The second-order valence-corrected chi connectivity index (χ2v) is 5.48. The van der Waals surface area contributed by atoms with Crippen LogP contribution in [-0.4, -0.2) is 34.5 Å². The zero-order chi connectivity index (χ0) is 10.5. The lowest BCUT2D eigenvalue weighted by atomic mass is 10.4. The molecule has 1 unspecified atom stereocenters. The molecule has 0 N–H and O–H groups in total. The molecule has 0 aliphatic carbocycles. The van der Waals surface area contributed by atoms with E-state index in [1.807, 2.05) is 30.3 Å². The lowest BCUT2D eigenvalue weighted by Crippen LogP contribution is -2.24. The first-order chi connectivity index (χ1) is 7.36. The summed E-state index contributed by atoms with van der Waals surface area (Å²) in [5, 5.41) is 0. The first-order valence-corrected chi connectivity index (χ1v) is 6.84. The van der Waals surface area contributed by atoms with Crippen LogP contribution in [0.5, 0.6) is 0 Å². The van der Waals surface area contributed by atoms with Gasteiger partial charge in [0, 0.05) is 17.2 Å². The Kier molecular flexibility index (Phi) is 6.03. The van der Waals surface area contributed by atoms with Crippen molar-refractivity contribution < 1.29 is 4.21 Å². The van der Waals surface area contributed by atoms with Gasteiger partial charge >= 0.3 is 0 Å². The molecule has 0 radical (unpaired) electrons. The summed E-state index contributed by atoms with van der Waals surface area (Å²) in [5.41, 5.74) is 0. The molecule has 1 aromatic carbocycles. The smallest absolute Gasteiger partial charge is 0.0542 e. The average molecular weight is 260 g/mol. The Morgan fingerprint density at radius 2 is 1.75 bits per heavy atom. The maximum absolute atomic E-state index is 11.9. The normalized spacial score (nSPS) is 18.0. The molecule has 4 heteroatoms. The fourth-order valence-corrected chi connectivity index (χ4v) is 3.03. The molecule has 90 valence electrons. The Labute approximate surface area is 106 Å². The number of halogens is 1. The lowest BCUT2D eigenvalue weighted by molar-refractivity contribution is 0.361. The van der Waals surface area contributed by atoms with E-state index >= 15 is 0 Å².